The normalized spacial score (nSPS) is 10.4. The number of halogens is 2. The SMILES string of the molecule is Nc1cc(Cl)c(-c2ccc(Cl)cc2)cc1O. The molecule has 0 radical (unpaired) electrons. The van der Waals surface area contributed by atoms with Crippen LogP contribution in [0.4, 0.5) is 5.69 Å². The Morgan fingerprint density at radius 1 is 1.00 bits per heavy atom. The van der Waals surface area contributed by atoms with Crippen LogP contribution in [0.15, 0.2) is 36.4 Å². The van der Waals surface area contributed by atoms with Gasteiger partial charge < -0.3 is 10.8 Å². The molecule has 82 valence electrons. The quantitative estimate of drug-likeness (QED) is 0.597. The van der Waals surface area contributed by atoms with Gasteiger partial charge in [0.15, 0.2) is 0 Å². The molecule has 4 heteroatoms. The molecule has 0 fully saturated rings. The molecule has 2 rings (SSSR count). The van der Waals surface area contributed by atoms with Crippen LogP contribution in [0.2, 0.25) is 10.0 Å². The van der Waals surface area contributed by atoms with Crippen LogP contribution in [0, 0.1) is 0 Å². The zero-order chi connectivity index (χ0) is 11.7. The fourth-order valence-corrected chi connectivity index (χ4v) is 1.84. The van der Waals surface area contributed by atoms with E-state index in [2.05, 4.69) is 0 Å². The van der Waals surface area contributed by atoms with Crippen molar-refractivity contribution in [3.8, 4) is 16.9 Å². The first-order valence-electron chi connectivity index (χ1n) is 4.62. The highest BCUT2D eigenvalue weighted by molar-refractivity contribution is 6.34. The zero-order valence-electron chi connectivity index (χ0n) is 8.24. The molecule has 0 spiro atoms. The Labute approximate surface area is 103 Å². The van der Waals surface area contributed by atoms with Crippen LogP contribution in [-0.2, 0) is 0 Å². The van der Waals surface area contributed by atoms with E-state index in [1.807, 2.05) is 12.1 Å². The number of rotatable bonds is 1. The Balaban J connectivity index is 2.56. The van der Waals surface area contributed by atoms with Crippen molar-refractivity contribution < 1.29 is 5.11 Å². The van der Waals surface area contributed by atoms with Crippen LogP contribution in [0.25, 0.3) is 11.1 Å². The first-order valence-corrected chi connectivity index (χ1v) is 5.37. The molecule has 0 heterocycles. The summed E-state index contributed by atoms with van der Waals surface area (Å²) >= 11 is 11.8. The number of hydrogen-bond donors (Lipinski definition) is 2. The largest absolute Gasteiger partial charge is 0.506 e. The van der Waals surface area contributed by atoms with Crippen molar-refractivity contribution >= 4 is 28.9 Å². The molecule has 2 aromatic rings. The Morgan fingerprint density at radius 2 is 1.62 bits per heavy atom. The lowest BCUT2D eigenvalue weighted by molar-refractivity contribution is 0.478. The van der Waals surface area contributed by atoms with Gasteiger partial charge in [0.05, 0.1) is 10.7 Å². The summed E-state index contributed by atoms with van der Waals surface area (Å²) < 4.78 is 0. The number of nitrogen functional groups attached to an aromatic ring is 1. The standard InChI is InChI=1S/C12H9Cl2NO/c13-8-3-1-7(2-4-8)9-5-12(16)11(15)6-10(9)14/h1-6,16H,15H2. The summed E-state index contributed by atoms with van der Waals surface area (Å²) in [6.07, 6.45) is 0. The average molecular weight is 254 g/mol. The molecular weight excluding hydrogens is 245 g/mol. The molecule has 0 saturated carbocycles. The van der Waals surface area contributed by atoms with Crippen LogP contribution in [-0.4, -0.2) is 5.11 Å². The van der Waals surface area contributed by atoms with Gasteiger partial charge in [0.2, 0.25) is 0 Å². The van der Waals surface area contributed by atoms with Crippen molar-refractivity contribution in [1.29, 1.82) is 0 Å². The van der Waals surface area contributed by atoms with Crippen LogP contribution in [0.5, 0.6) is 5.75 Å². The molecule has 0 aliphatic heterocycles. The van der Waals surface area contributed by atoms with E-state index in [9.17, 15) is 5.11 Å². The second-order valence-corrected chi connectivity index (χ2v) is 4.24. The molecular formula is C12H9Cl2NO. The third-order valence-corrected chi connectivity index (χ3v) is 2.84. The maximum absolute atomic E-state index is 9.53. The van der Waals surface area contributed by atoms with E-state index in [4.69, 9.17) is 28.9 Å². The summed E-state index contributed by atoms with van der Waals surface area (Å²) in [4.78, 5) is 0. The number of benzene rings is 2. The summed E-state index contributed by atoms with van der Waals surface area (Å²) in [6, 6.07) is 10.3. The van der Waals surface area contributed by atoms with Gasteiger partial charge in [-0.3, -0.25) is 0 Å². The molecule has 3 N–H and O–H groups in total. The van der Waals surface area contributed by atoms with E-state index >= 15 is 0 Å². The molecule has 0 aliphatic rings. The van der Waals surface area contributed by atoms with Crippen LogP contribution in [0.3, 0.4) is 0 Å². The highest BCUT2D eigenvalue weighted by Crippen LogP contribution is 2.35. The van der Waals surface area contributed by atoms with Gasteiger partial charge in [-0.15, -0.1) is 0 Å². The van der Waals surface area contributed by atoms with Crippen molar-refractivity contribution in [2.75, 3.05) is 5.73 Å². The average Bonchev–Trinajstić information content (AvgIpc) is 2.25. The molecule has 2 nitrogen and oxygen atoms in total. The van der Waals surface area contributed by atoms with Gasteiger partial charge in [-0.05, 0) is 29.8 Å². The minimum atomic E-state index is 0.0225. The number of phenols is 1. The molecule has 0 unspecified atom stereocenters. The lowest BCUT2D eigenvalue weighted by atomic mass is 10.0. The molecule has 16 heavy (non-hydrogen) atoms. The minimum absolute atomic E-state index is 0.0225. The second-order valence-electron chi connectivity index (χ2n) is 3.40. The Morgan fingerprint density at radius 3 is 2.25 bits per heavy atom. The van der Waals surface area contributed by atoms with Gasteiger partial charge in [0, 0.05) is 10.6 Å². The fraction of sp³-hybridized carbons (Fsp3) is 0. The van der Waals surface area contributed by atoms with Crippen molar-refractivity contribution in [2.24, 2.45) is 0 Å². The maximum Gasteiger partial charge on any atom is 0.139 e. The van der Waals surface area contributed by atoms with Crippen molar-refractivity contribution in [3.63, 3.8) is 0 Å². The van der Waals surface area contributed by atoms with Gasteiger partial charge >= 0.3 is 0 Å². The predicted molar refractivity (Wildman–Crippen MR) is 68.0 cm³/mol. The number of hydrogen-bond acceptors (Lipinski definition) is 2. The lowest BCUT2D eigenvalue weighted by Gasteiger charge is -2.07. The van der Waals surface area contributed by atoms with Gasteiger partial charge in [0.25, 0.3) is 0 Å². The van der Waals surface area contributed by atoms with Gasteiger partial charge in [-0.25, -0.2) is 0 Å². The second kappa shape index (κ2) is 4.24. The van der Waals surface area contributed by atoms with E-state index in [1.165, 1.54) is 6.07 Å². The van der Waals surface area contributed by atoms with Crippen LogP contribution in [0.1, 0.15) is 0 Å². The first-order chi connectivity index (χ1) is 7.58. The lowest BCUT2D eigenvalue weighted by Crippen LogP contribution is -1.87. The first kappa shape index (κ1) is 11.1. The van der Waals surface area contributed by atoms with E-state index in [0.717, 1.165) is 11.1 Å². The number of anilines is 1. The van der Waals surface area contributed by atoms with Gasteiger partial charge in [-0.2, -0.15) is 0 Å². The monoisotopic (exact) mass is 253 g/mol. The maximum atomic E-state index is 9.53. The molecule has 0 saturated heterocycles. The van der Waals surface area contributed by atoms with Gasteiger partial charge in [-0.1, -0.05) is 35.3 Å². The minimum Gasteiger partial charge on any atom is -0.506 e. The van der Waals surface area contributed by atoms with Crippen molar-refractivity contribution in [1.82, 2.24) is 0 Å². The number of phenolic OH excluding ortho intramolecular Hbond substituents is 1. The van der Waals surface area contributed by atoms with Crippen molar-refractivity contribution in [3.05, 3.63) is 46.4 Å². The van der Waals surface area contributed by atoms with E-state index in [-0.39, 0.29) is 11.4 Å². The topological polar surface area (TPSA) is 46.2 Å². The summed E-state index contributed by atoms with van der Waals surface area (Å²) in [5.41, 5.74) is 7.41. The molecule has 0 amide bonds. The van der Waals surface area contributed by atoms with E-state index in [0.29, 0.717) is 10.0 Å². The van der Waals surface area contributed by atoms with E-state index < -0.39 is 0 Å². The molecule has 2 aromatic carbocycles. The summed E-state index contributed by atoms with van der Waals surface area (Å²) in [5, 5.41) is 10.7. The molecule has 0 atom stereocenters. The summed E-state index contributed by atoms with van der Waals surface area (Å²) in [7, 11) is 0. The highest BCUT2D eigenvalue weighted by Gasteiger charge is 2.07. The van der Waals surface area contributed by atoms with Crippen LogP contribution < -0.4 is 5.73 Å². The summed E-state index contributed by atoms with van der Waals surface area (Å²) in [5.74, 6) is 0.0225. The van der Waals surface area contributed by atoms with Crippen molar-refractivity contribution in [2.45, 2.75) is 0 Å². The Kier molecular flexibility index (Phi) is 2.95. The fourth-order valence-electron chi connectivity index (χ4n) is 1.43. The number of nitrogens with two attached hydrogens (primary N) is 1. The smallest absolute Gasteiger partial charge is 0.139 e. The zero-order valence-corrected chi connectivity index (χ0v) is 9.76. The Bertz CT molecular complexity index is 523. The Hall–Kier alpha value is -1.38. The van der Waals surface area contributed by atoms with E-state index in [1.54, 1.807) is 18.2 Å². The molecule has 0 bridgehead atoms. The highest BCUT2D eigenvalue weighted by atomic mass is 35.5. The molecule has 0 aromatic heterocycles. The third kappa shape index (κ3) is 2.08. The van der Waals surface area contributed by atoms with Gasteiger partial charge in [0.1, 0.15) is 5.75 Å². The molecule has 0 aliphatic carbocycles. The third-order valence-electron chi connectivity index (χ3n) is 2.27. The van der Waals surface area contributed by atoms with Crippen LogP contribution >= 0.6 is 23.2 Å². The predicted octanol–water partition coefficient (Wildman–Crippen LogP) is 3.95. The summed E-state index contributed by atoms with van der Waals surface area (Å²) in [6.45, 7) is 0. The number of aromatic hydroxyl groups is 1.